The molecule has 0 fully saturated rings. The van der Waals surface area contributed by atoms with Crippen molar-refractivity contribution < 1.29 is 32.3 Å². The first-order valence-electron chi connectivity index (χ1n) is 14.5. The van der Waals surface area contributed by atoms with Gasteiger partial charge in [-0.15, -0.1) is 0 Å². The first kappa shape index (κ1) is 35.6. The van der Waals surface area contributed by atoms with Gasteiger partial charge in [-0.25, -0.2) is 9.59 Å². The van der Waals surface area contributed by atoms with Gasteiger partial charge in [-0.1, -0.05) is 24.6 Å². The molecule has 0 spiro atoms. The predicted molar refractivity (Wildman–Crippen MR) is 166 cm³/mol. The number of methoxy groups -OCH3 is 1. The van der Waals surface area contributed by atoms with Gasteiger partial charge in [0.2, 0.25) is 11.9 Å². The smallest absolute Gasteiger partial charge is 0.416 e. The highest BCUT2D eigenvalue weighted by Crippen LogP contribution is 2.41. The zero-order valence-corrected chi connectivity index (χ0v) is 26.4. The quantitative estimate of drug-likeness (QED) is 0.268. The van der Waals surface area contributed by atoms with E-state index in [2.05, 4.69) is 10.2 Å². The van der Waals surface area contributed by atoms with Crippen LogP contribution in [0.1, 0.15) is 48.9 Å². The summed E-state index contributed by atoms with van der Waals surface area (Å²) in [5.41, 5.74) is -0.572. The second-order valence-electron chi connectivity index (χ2n) is 11.0. The summed E-state index contributed by atoms with van der Waals surface area (Å²) in [5, 5.41) is 20.9. The van der Waals surface area contributed by atoms with Gasteiger partial charge in [-0.05, 0) is 76.3 Å². The standard InChI is InChI=1S/C32H38F3N7O4/c1-21-27(29(44)46-5)28(23-14-12-22(19-36)13-15-23)42(30(37)41(21)25-11-9-10-24(18-25)32(33,34)35)31(45)38-20-26(43)40(4)17-8-6-7-16-39(2)3/h9-15,18,28,37H,6-8,16-17,20H2,1-5H3,(H,38,45). The van der Waals surface area contributed by atoms with E-state index in [1.165, 1.54) is 42.2 Å². The van der Waals surface area contributed by atoms with Crippen LogP contribution in [-0.4, -0.2) is 86.5 Å². The topological polar surface area (TPSA) is 133 Å². The number of alkyl halides is 3. The fraction of sp³-hybridized carbons (Fsp3) is 0.406. The number of guanidine groups is 1. The van der Waals surface area contributed by atoms with E-state index in [0.29, 0.717) is 17.7 Å². The lowest BCUT2D eigenvalue weighted by Gasteiger charge is -2.43. The van der Waals surface area contributed by atoms with Crippen LogP contribution in [-0.2, 0) is 20.5 Å². The molecule has 2 N–H and O–H groups in total. The van der Waals surface area contributed by atoms with Gasteiger partial charge in [0.1, 0.15) is 6.04 Å². The van der Waals surface area contributed by atoms with Gasteiger partial charge in [0.05, 0.1) is 36.4 Å². The van der Waals surface area contributed by atoms with Crippen LogP contribution in [0.15, 0.2) is 59.8 Å². The van der Waals surface area contributed by atoms with Crippen LogP contribution in [0.3, 0.4) is 0 Å². The molecule has 0 radical (unpaired) electrons. The molecule has 1 aliphatic heterocycles. The molecule has 1 atom stereocenters. The number of hydrogen-bond acceptors (Lipinski definition) is 7. The Hall–Kier alpha value is -4.90. The molecule has 3 amide bonds. The number of nitriles is 1. The second-order valence-corrected chi connectivity index (χ2v) is 11.0. The number of esters is 1. The van der Waals surface area contributed by atoms with Crippen LogP contribution >= 0.6 is 0 Å². The molecule has 1 heterocycles. The summed E-state index contributed by atoms with van der Waals surface area (Å²) >= 11 is 0. The molecule has 3 rings (SSSR count). The van der Waals surface area contributed by atoms with Gasteiger partial charge < -0.3 is 19.9 Å². The van der Waals surface area contributed by atoms with Crippen molar-refractivity contribution in [3.05, 3.63) is 76.5 Å². The minimum atomic E-state index is -4.70. The Kier molecular flexibility index (Phi) is 11.9. The molecule has 14 heteroatoms. The van der Waals surface area contributed by atoms with E-state index >= 15 is 0 Å². The Balaban J connectivity index is 2.01. The lowest BCUT2D eigenvalue weighted by molar-refractivity contribution is -0.138. The summed E-state index contributed by atoms with van der Waals surface area (Å²) in [6, 6.07) is 9.85. The SMILES string of the molecule is COC(=O)C1=C(C)N(c2cccc(C(F)(F)F)c2)C(=N)N(C(=O)NCC(=O)N(C)CCCCCN(C)C)C1c1ccc(C#N)cc1. The van der Waals surface area contributed by atoms with E-state index in [9.17, 15) is 32.8 Å². The summed E-state index contributed by atoms with van der Waals surface area (Å²) in [4.78, 5) is 45.5. The number of allylic oxidation sites excluding steroid dienone is 1. The highest BCUT2D eigenvalue weighted by molar-refractivity contribution is 6.10. The van der Waals surface area contributed by atoms with Crippen LogP contribution < -0.4 is 10.2 Å². The van der Waals surface area contributed by atoms with Gasteiger partial charge in [-0.2, -0.15) is 18.4 Å². The van der Waals surface area contributed by atoms with Gasteiger partial charge in [0, 0.05) is 25.0 Å². The molecule has 1 aliphatic rings. The lowest BCUT2D eigenvalue weighted by atomic mass is 9.92. The Morgan fingerprint density at radius 2 is 1.70 bits per heavy atom. The fourth-order valence-corrected chi connectivity index (χ4v) is 5.06. The molecule has 46 heavy (non-hydrogen) atoms. The maximum absolute atomic E-state index is 13.8. The average molecular weight is 642 g/mol. The number of ether oxygens (including phenoxy) is 1. The first-order valence-corrected chi connectivity index (χ1v) is 14.5. The van der Waals surface area contributed by atoms with Crippen molar-refractivity contribution in [1.82, 2.24) is 20.0 Å². The van der Waals surface area contributed by atoms with E-state index in [-0.39, 0.29) is 17.0 Å². The van der Waals surface area contributed by atoms with Crippen molar-refractivity contribution in [1.29, 1.82) is 10.7 Å². The summed E-state index contributed by atoms with van der Waals surface area (Å²) in [5.74, 6) is -1.86. The number of nitrogens with one attached hydrogen (secondary N) is 2. The summed E-state index contributed by atoms with van der Waals surface area (Å²) in [7, 11) is 6.69. The van der Waals surface area contributed by atoms with Crippen LogP contribution in [0.4, 0.5) is 23.7 Å². The third-order valence-corrected chi connectivity index (χ3v) is 7.52. The van der Waals surface area contributed by atoms with E-state index in [1.807, 2.05) is 20.2 Å². The molecule has 11 nitrogen and oxygen atoms in total. The largest absolute Gasteiger partial charge is 0.466 e. The zero-order chi connectivity index (χ0) is 34.2. The third kappa shape index (κ3) is 8.42. The van der Waals surface area contributed by atoms with Crippen LogP contribution in [0.2, 0.25) is 0 Å². The molecule has 1 unspecified atom stereocenters. The van der Waals surface area contributed by atoms with Crippen molar-refractivity contribution in [3.63, 3.8) is 0 Å². The predicted octanol–water partition coefficient (Wildman–Crippen LogP) is 4.72. The highest BCUT2D eigenvalue weighted by Gasteiger charge is 2.44. The molecule has 2 aromatic rings. The molecule has 0 bridgehead atoms. The van der Waals surface area contributed by atoms with E-state index in [1.54, 1.807) is 7.05 Å². The number of anilines is 1. The van der Waals surface area contributed by atoms with Crippen LogP contribution in [0.25, 0.3) is 0 Å². The number of carbonyl (C=O) groups is 3. The molecule has 0 saturated carbocycles. The average Bonchev–Trinajstić information content (AvgIpc) is 3.02. The molecule has 246 valence electrons. The Bertz CT molecular complexity index is 1520. The minimum absolute atomic E-state index is 0.0552. The van der Waals surface area contributed by atoms with Gasteiger partial charge in [-0.3, -0.25) is 20.0 Å². The number of carbonyl (C=O) groups excluding carboxylic acids is 3. The van der Waals surface area contributed by atoms with E-state index in [0.717, 1.165) is 60.9 Å². The van der Waals surface area contributed by atoms with Gasteiger partial charge in [0.25, 0.3) is 0 Å². The second kappa shape index (κ2) is 15.4. The maximum Gasteiger partial charge on any atom is 0.416 e. The highest BCUT2D eigenvalue weighted by atomic mass is 19.4. The number of amides is 3. The third-order valence-electron chi connectivity index (χ3n) is 7.52. The molecule has 0 aliphatic carbocycles. The molecule has 0 aromatic heterocycles. The van der Waals surface area contributed by atoms with E-state index in [4.69, 9.17) is 10.1 Å². The van der Waals surface area contributed by atoms with Gasteiger partial charge in [0.15, 0.2) is 0 Å². The Morgan fingerprint density at radius 3 is 2.28 bits per heavy atom. The summed E-state index contributed by atoms with van der Waals surface area (Å²) in [6.45, 7) is 2.39. The summed E-state index contributed by atoms with van der Waals surface area (Å²) in [6.07, 6.45) is -2.05. The normalized spacial score (nSPS) is 15.1. The molecular weight excluding hydrogens is 603 g/mol. The van der Waals surface area contributed by atoms with Crippen molar-refractivity contribution >= 4 is 29.6 Å². The molecule has 0 saturated heterocycles. The first-order chi connectivity index (χ1) is 21.7. The number of nitrogens with zero attached hydrogens (tertiary/aromatic N) is 5. The zero-order valence-electron chi connectivity index (χ0n) is 26.4. The van der Waals surface area contributed by atoms with Gasteiger partial charge >= 0.3 is 18.2 Å². The lowest BCUT2D eigenvalue weighted by Crippen LogP contribution is -2.57. The fourth-order valence-electron chi connectivity index (χ4n) is 5.06. The van der Waals surface area contributed by atoms with Crippen molar-refractivity contribution in [2.45, 2.75) is 38.4 Å². The Morgan fingerprint density at radius 1 is 1.04 bits per heavy atom. The number of likely N-dealkylation sites (N-methyl/N-ethyl adjacent to an activating group) is 1. The van der Waals surface area contributed by atoms with Crippen molar-refractivity contribution in [3.8, 4) is 6.07 Å². The van der Waals surface area contributed by atoms with Crippen molar-refractivity contribution in [2.24, 2.45) is 0 Å². The number of benzene rings is 2. The Labute approximate surface area is 266 Å². The number of urea groups is 1. The van der Waals surface area contributed by atoms with Crippen LogP contribution in [0.5, 0.6) is 0 Å². The van der Waals surface area contributed by atoms with Crippen LogP contribution in [0, 0.1) is 16.7 Å². The number of unbranched alkanes of at least 4 members (excludes halogenated alkanes) is 2. The minimum Gasteiger partial charge on any atom is -0.466 e. The van der Waals surface area contributed by atoms with E-state index < -0.39 is 48.2 Å². The maximum atomic E-state index is 13.8. The summed E-state index contributed by atoms with van der Waals surface area (Å²) < 4.78 is 45.9. The van der Waals surface area contributed by atoms with Crippen molar-refractivity contribution in [2.75, 3.05) is 52.8 Å². The number of halogens is 3. The monoisotopic (exact) mass is 641 g/mol. The molecule has 2 aromatic carbocycles. The molecular formula is C32H38F3N7O4. The number of rotatable bonds is 11. The number of hydrogen-bond donors (Lipinski definition) is 2.